The predicted octanol–water partition coefficient (Wildman–Crippen LogP) is 0.802. The van der Waals surface area contributed by atoms with E-state index in [2.05, 4.69) is 21.8 Å². The molecule has 0 spiro atoms. The summed E-state index contributed by atoms with van der Waals surface area (Å²) in [5, 5.41) is 11.3. The first-order valence-electron chi connectivity index (χ1n) is 8.29. The fraction of sp³-hybridized carbons (Fsp3) is 0.529. The van der Waals surface area contributed by atoms with Crippen molar-refractivity contribution in [2.45, 2.75) is 46.8 Å². The summed E-state index contributed by atoms with van der Waals surface area (Å²) in [6, 6.07) is 6.11. The summed E-state index contributed by atoms with van der Waals surface area (Å²) in [7, 11) is 1.93. The van der Waals surface area contributed by atoms with Crippen molar-refractivity contribution in [2.24, 2.45) is 0 Å². The van der Waals surface area contributed by atoms with Gasteiger partial charge >= 0.3 is 0 Å². The summed E-state index contributed by atoms with van der Waals surface area (Å²) >= 11 is 5.51. The zero-order valence-electron chi connectivity index (χ0n) is 15.8. The average molecular weight is 364 g/mol. The highest BCUT2D eigenvalue weighted by Gasteiger charge is 2.18. The Bertz CT molecular complexity index is 817. The van der Waals surface area contributed by atoms with E-state index in [-0.39, 0.29) is 11.4 Å². The van der Waals surface area contributed by atoms with Crippen LogP contribution in [-0.2, 0) is 11.5 Å². The van der Waals surface area contributed by atoms with Gasteiger partial charge in [-0.3, -0.25) is 4.79 Å². The second-order valence-electron chi connectivity index (χ2n) is 7.55. The molecule has 2 aromatic rings. The molecule has 7 nitrogen and oxygen atoms in total. The quantitative estimate of drug-likeness (QED) is 0.771. The normalized spacial score (nSPS) is 12.9. The first-order valence-corrected chi connectivity index (χ1v) is 8.70. The highest BCUT2D eigenvalue weighted by Crippen LogP contribution is 2.14. The average Bonchev–Trinajstić information content (AvgIpc) is 2.78. The third kappa shape index (κ3) is 5.20. The van der Waals surface area contributed by atoms with Gasteiger partial charge in [0.05, 0.1) is 12.7 Å². The minimum atomic E-state index is -0.236. The minimum absolute atomic E-state index is 0.00158. The number of benzene rings is 1. The number of amides is 1. The van der Waals surface area contributed by atoms with Crippen LogP contribution in [-0.4, -0.2) is 44.8 Å². The Kier molecular flexibility index (Phi) is 5.74. The third-order valence-corrected chi connectivity index (χ3v) is 4.00. The van der Waals surface area contributed by atoms with Crippen molar-refractivity contribution in [1.82, 2.24) is 25.1 Å². The van der Waals surface area contributed by atoms with Gasteiger partial charge in [0.25, 0.3) is 5.91 Å². The molecule has 136 valence electrons. The maximum absolute atomic E-state index is 12.0. The zero-order valence-corrected chi connectivity index (χ0v) is 16.6. The van der Waals surface area contributed by atoms with Gasteiger partial charge in [-0.15, -0.1) is 0 Å². The highest BCUT2D eigenvalue weighted by molar-refractivity contribution is 7.71. The summed E-state index contributed by atoms with van der Waals surface area (Å²) in [6.07, 6.45) is 0. The number of carbonyl (C=O) groups is 1. The number of likely N-dealkylation sites (N-methyl/N-ethyl adjacent to an activating group) is 1. The Labute approximate surface area is 153 Å². The van der Waals surface area contributed by atoms with E-state index in [1.807, 2.05) is 53.8 Å². The van der Waals surface area contributed by atoms with Gasteiger partial charge in [-0.25, -0.2) is 0 Å². The molecule has 1 amide bonds. The Morgan fingerprint density at radius 3 is 2.56 bits per heavy atom. The molecule has 0 bridgehead atoms. The van der Waals surface area contributed by atoms with Gasteiger partial charge in [-0.05, 0) is 68.9 Å². The van der Waals surface area contributed by atoms with Gasteiger partial charge in [0.2, 0.25) is 4.77 Å². The molecule has 25 heavy (non-hydrogen) atoms. The number of aryl methyl sites for hydroxylation is 2. The van der Waals surface area contributed by atoms with Gasteiger partial charge < -0.3 is 10.2 Å². The lowest BCUT2D eigenvalue weighted by Gasteiger charge is -2.21. The predicted molar refractivity (Wildman–Crippen MR) is 99.3 cm³/mol. The summed E-state index contributed by atoms with van der Waals surface area (Å²) in [5.74, 6) is -0.00158. The molecule has 1 atom stereocenters. The Hall–Kier alpha value is -2.06. The molecule has 0 aliphatic carbocycles. The lowest BCUT2D eigenvalue weighted by Crippen LogP contribution is -3.09. The number of aromatic nitrogens is 4. The zero-order chi connectivity index (χ0) is 18.8. The molecule has 1 heterocycles. The number of nitrogens with one attached hydrogen (secondary N) is 2. The minimum Gasteiger partial charge on any atom is -0.347 e. The molecule has 2 N–H and O–H groups in total. The number of tetrazole rings is 1. The van der Waals surface area contributed by atoms with Crippen LogP contribution in [0.2, 0.25) is 0 Å². The number of rotatable bonds is 5. The molecular formula is C17H27N6OS+. The van der Waals surface area contributed by atoms with Gasteiger partial charge in [0, 0.05) is 5.54 Å². The van der Waals surface area contributed by atoms with Crippen LogP contribution in [0.1, 0.15) is 31.9 Å². The van der Waals surface area contributed by atoms with Crippen LogP contribution in [0.4, 0.5) is 0 Å². The molecule has 0 aliphatic heterocycles. The van der Waals surface area contributed by atoms with Crippen LogP contribution in [0.5, 0.6) is 0 Å². The van der Waals surface area contributed by atoms with E-state index in [0.29, 0.717) is 18.0 Å². The molecule has 0 radical (unpaired) electrons. The fourth-order valence-corrected chi connectivity index (χ4v) is 2.85. The van der Waals surface area contributed by atoms with Crippen molar-refractivity contribution in [2.75, 3.05) is 13.6 Å². The molecule has 0 saturated heterocycles. The van der Waals surface area contributed by atoms with Gasteiger partial charge in [0.15, 0.2) is 13.2 Å². The molecule has 0 aliphatic rings. The standard InChI is InChI=1S/C17H26N6OS/c1-12-7-8-14(13(2)9-12)23-16(25)22(19-20-23)11-21(6)10-15(24)18-17(3,4)5/h7-9H,10-11H2,1-6H3,(H,18,24)/p+1. The van der Waals surface area contributed by atoms with Gasteiger partial charge in [0.1, 0.15) is 0 Å². The van der Waals surface area contributed by atoms with Crippen molar-refractivity contribution >= 4 is 18.1 Å². The Morgan fingerprint density at radius 2 is 1.96 bits per heavy atom. The second-order valence-corrected chi connectivity index (χ2v) is 7.92. The fourth-order valence-electron chi connectivity index (χ4n) is 2.62. The highest BCUT2D eigenvalue weighted by atomic mass is 32.1. The number of quaternary nitrogens is 1. The van der Waals surface area contributed by atoms with Crippen molar-refractivity contribution in [3.8, 4) is 5.69 Å². The van der Waals surface area contributed by atoms with Crippen LogP contribution in [0.25, 0.3) is 5.69 Å². The van der Waals surface area contributed by atoms with Crippen molar-refractivity contribution < 1.29 is 9.69 Å². The smallest absolute Gasteiger partial charge is 0.275 e. The summed E-state index contributed by atoms with van der Waals surface area (Å²) in [4.78, 5) is 13.0. The number of carbonyl (C=O) groups excluding carboxylic acids is 1. The molecule has 0 fully saturated rings. The van der Waals surface area contributed by atoms with E-state index in [9.17, 15) is 4.79 Å². The lowest BCUT2D eigenvalue weighted by molar-refractivity contribution is -0.895. The molecule has 1 aromatic heterocycles. The number of nitrogens with zero attached hydrogens (tertiary/aromatic N) is 4. The first kappa shape index (κ1) is 19.3. The number of hydrogen-bond donors (Lipinski definition) is 2. The summed E-state index contributed by atoms with van der Waals surface area (Å²) in [5.41, 5.74) is 2.97. The van der Waals surface area contributed by atoms with Crippen LogP contribution in [0.3, 0.4) is 0 Å². The molecule has 0 saturated carbocycles. The maximum Gasteiger partial charge on any atom is 0.275 e. The molecule has 8 heteroatoms. The first-order chi connectivity index (χ1) is 11.6. The van der Waals surface area contributed by atoms with Crippen LogP contribution in [0, 0.1) is 18.6 Å². The van der Waals surface area contributed by atoms with E-state index in [1.165, 1.54) is 5.56 Å². The summed E-state index contributed by atoms with van der Waals surface area (Å²) < 4.78 is 3.82. The van der Waals surface area contributed by atoms with Crippen molar-refractivity contribution in [3.63, 3.8) is 0 Å². The Balaban J connectivity index is 2.11. The SMILES string of the molecule is Cc1ccc(-n2nnn(C[NH+](C)CC(=O)NC(C)(C)C)c2=S)c(C)c1. The third-order valence-electron chi connectivity index (χ3n) is 3.62. The van der Waals surface area contributed by atoms with Crippen LogP contribution >= 0.6 is 12.2 Å². The molecular weight excluding hydrogens is 336 g/mol. The molecule has 1 aromatic carbocycles. The van der Waals surface area contributed by atoms with Crippen molar-refractivity contribution in [3.05, 3.63) is 34.1 Å². The molecule has 2 rings (SSSR count). The van der Waals surface area contributed by atoms with Crippen LogP contribution < -0.4 is 10.2 Å². The monoisotopic (exact) mass is 363 g/mol. The van der Waals surface area contributed by atoms with E-state index in [4.69, 9.17) is 12.2 Å². The summed E-state index contributed by atoms with van der Waals surface area (Å²) in [6.45, 7) is 10.8. The van der Waals surface area contributed by atoms with Gasteiger partial charge in [-0.1, -0.05) is 17.7 Å². The van der Waals surface area contributed by atoms with Crippen molar-refractivity contribution in [1.29, 1.82) is 0 Å². The van der Waals surface area contributed by atoms with E-state index in [0.717, 1.165) is 16.2 Å². The van der Waals surface area contributed by atoms with Gasteiger partial charge in [-0.2, -0.15) is 9.36 Å². The maximum atomic E-state index is 12.0. The van der Waals surface area contributed by atoms with E-state index in [1.54, 1.807) is 9.36 Å². The Morgan fingerprint density at radius 1 is 1.28 bits per heavy atom. The second kappa shape index (κ2) is 7.45. The van der Waals surface area contributed by atoms with Crippen LogP contribution in [0.15, 0.2) is 18.2 Å². The van der Waals surface area contributed by atoms with E-state index < -0.39 is 0 Å². The van der Waals surface area contributed by atoms with E-state index >= 15 is 0 Å². The topological polar surface area (TPSA) is 69.2 Å². The number of hydrogen-bond acceptors (Lipinski definition) is 4. The largest absolute Gasteiger partial charge is 0.347 e. The lowest BCUT2D eigenvalue weighted by atomic mass is 10.1. The molecule has 1 unspecified atom stereocenters.